The van der Waals surface area contributed by atoms with Crippen LogP contribution in [-0.2, 0) is 57.2 Å². The Kier molecular flexibility index (Phi) is 26.1. The van der Waals surface area contributed by atoms with E-state index in [-0.39, 0.29) is 123 Å². The summed E-state index contributed by atoms with van der Waals surface area (Å²) in [5.74, 6) is 6.27. The molecule has 12 aliphatic carbocycles. The topological polar surface area (TPSA) is 158 Å². The van der Waals surface area contributed by atoms with Crippen molar-refractivity contribution in [2.24, 2.45) is 87.3 Å². The highest BCUT2D eigenvalue weighted by molar-refractivity contribution is 5.81. The molecule has 0 aromatic heterocycles. The fourth-order valence-electron chi connectivity index (χ4n) is 15.7. The third-order valence-electron chi connectivity index (χ3n) is 21.1. The molecule has 0 saturated heterocycles. The van der Waals surface area contributed by atoms with Crippen molar-refractivity contribution in [3.63, 3.8) is 0 Å². The first-order chi connectivity index (χ1) is 33.3. The molecule has 450 valence electrons. The summed E-state index contributed by atoms with van der Waals surface area (Å²) in [6.45, 7) is 22.9. The summed E-state index contributed by atoms with van der Waals surface area (Å²) in [6, 6.07) is 0. The van der Waals surface area contributed by atoms with Gasteiger partial charge in [0.1, 0.15) is 23.4 Å². The van der Waals surface area contributed by atoms with Crippen LogP contribution in [0.3, 0.4) is 0 Å². The van der Waals surface area contributed by atoms with E-state index in [1.54, 1.807) is 0 Å². The maximum atomic E-state index is 12.4. The second-order valence-corrected chi connectivity index (χ2v) is 26.8. The smallest absolute Gasteiger partial charge is 0.344 e. The van der Waals surface area contributed by atoms with Crippen LogP contribution in [0, 0.1) is 87.3 Å². The number of carbonyl (C=O) groups is 6. The van der Waals surface area contributed by atoms with Crippen LogP contribution < -0.4 is 0 Å². The van der Waals surface area contributed by atoms with Gasteiger partial charge in [0.25, 0.3) is 0 Å². The summed E-state index contributed by atoms with van der Waals surface area (Å²) in [4.78, 5) is 73.0. The largest absolute Gasteiger partial charge is 0.465 e. The minimum absolute atomic E-state index is 0. The standard InChI is InChI=1S/2C20H32O4.C19H30O4.6CH4/c1-5-19(2,3)18(22)23-7-6-17(21)24-20(4)15-9-13-8-14(11-15)12-16(20)10-13;1-5-19(3,4)18(22)23-12-17(21)24-20(6-2)15-8-13-7-14(10-15)11-16(20)9-13;1-5-18(2,3)17(21)22-11-16(20)23-19(4)14-7-12-6-13(9-14)10-15(19)8-12;;;;;;/h2*13-16H,5-12H2,1-4H3;12-15H,5-11H2,1-4H3;6*1H4. The Balaban J connectivity index is 0.000000556. The summed E-state index contributed by atoms with van der Waals surface area (Å²) in [6.07, 6.45) is 21.7. The van der Waals surface area contributed by atoms with E-state index in [0.29, 0.717) is 48.3 Å². The molecule has 0 aliphatic heterocycles. The average molecular weight is 1090 g/mol. The molecule has 12 bridgehead atoms. The summed E-state index contributed by atoms with van der Waals surface area (Å²) < 4.78 is 33.6. The molecule has 0 spiro atoms. The fourth-order valence-corrected chi connectivity index (χ4v) is 15.7. The third kappa shape index (κ3) is 15.4. The van der Waals surface area contributed by atoms with Crippen LogP contribution in [0.5, 0.6) is 0 Å². The lowest BCUT2D eigenvalue weighted by atomic mass is 9.49. The first-order valence-electron chi connectivity index (χ1n) is 28.5. The number of rotatable bonds is 17. The summed E-state index contributed by atoms with van der Waals surface area (Å²) in [7, 11) is 0. The number of carbonyl (C=O) groups excluding carboxylic acids is 6. The van der Waals surface area contributed by atoms with Crippen LogP contribution in [0.1, 0.15) is 256 Å². The Labute approximate surface area is 471 Å². The molecule has 0 aromatic carbocycles. The predicted octanol–water partition coefficient (Wildman–Crippen LogP) is 15.8. The van der Waals surface area contributed by atoms with E-state index in [0.717, 1.165) is 48.3 Å². The molecule has 12 nitrogen and oxygen atoms in total. The Bertz CT molecular complexity index is 1860. The van der Waals surface area contributed by atoms with Crippen LogP contribution in [0.4, 0.5) is 0 Å². The highest BCUT2D eigenvalue weighted by Gasteiger charge is 2.60. The molecule has 12 fully saturated rings. The van der Waals surface area contributed by atoms with Gasteiger partial charge >= 0.3 is 35.8 Å². The molecular weight excluding hydrogens is 973 g/mol. The lowest BCUT2D eigenvalue weighted by Crippen LogP contribution is -2.59. The van der Waals surface area contributed by atoms with Crippen LogP contribution in [-0.4, -0.2) is 72.4 Å². The SMILES string of the molecule is C.C.C.C.C.C.CCC(C)(C)C(=O)OCC(=O)OC1(C)C2CC3CC(C2)CC1C3.CCC(C)(C)C(=O)OCC(=O)OC1(CC)C2CC3CC(C2)CC1C3.CCC(C)(C)C(=O)OCCC(=O)OC1(C)C2CC3CC(C2)CC1C3. The van der Waals surface area contributed by atoms with Gasteiger partial charge in [-0.05, 0) is 248 Å². The maximum Gasteiger partial charge on any atom is 0.344 e. The zero-order valence-corrected chi connectivity index (χ0v) is 46.1. The number of ether oxygens (including phenoxy) is 6. The lowest BCUT2D eigenvalue weighted by Gasteiger charge is -2.60. The Hall–Kier alpha value is -3.18. The van der Waals surface area contributed by atoms with Gasteiger partial charge in [-0.1, -0.05) is 72.3 Å². The molecule has 0 unspecified atom stereocenters. The van der Waals surface area contributed by atoms with E-state index in [1.165, 1.54) is 96.3 Å². The second-order valence-electron chi connectivity index (χ2n) is 26.8. The maximum absolute atomic E-state index is 12.4. The van der Waals surface area contributed by atoms with Crippen molar-refractivity contribution in [2.75, 3.05) is 19.8 Å². The van der Waals surface area contributed by atoms with Gasteiger partial charge in [-0.2, -0.15) is 0 Å². The molecule has 12 saturated carbocycles. The van der Waals surface area contributed by atoms with E-state index in [2.05, 4.69) is 20.8 Å². The third-order valence-corrected chi connectivity index (χ3v) is 21.1. The predicted molar refractivity (Wildman–Crippen MR) is 309 cm³/mol. The minimum Gasteiger partial charge on any atom is -0.465 e. The van der Waals surface area contributed by atoms with Crippen molar-refractivity contribution in [1.29, 1.82) is 0 Å². The Morgan fingerprint density at radius 2 is 0.636 bits per heavy atom. The number of hydrogen-bond donors (Lipinski definition) is 0. The lowest BCUT2D eigenvalue weighted by molar-refractivity contribution is -0.214. The van der Waals surface area contributed by atoms with Gasteiger partial charge in [0.15, 0.2) is 13.2 Å². The highest BCUT2D eigenvalue weighted by atomic mass is 16.6. The molecule has 0 N–H and O–H groups in total. The molecular formula is C65H118O12. The van der Waals surface area contributed by atoms with Gasteiger partial charge in [-0.15, -0.1) is 0 Å². The van der Waals surface area contributed by atoms with Crippen molar-refractivity contribution >= 4 is 35.8 Å². The van der Waals surface area contributed by atoms with Gasteiger partial charge in [0.2, 0.25) is 0 Å². The van der Waals surface area contributed by atoms with Crippen LogP contribution in [0.25, 0.3) is 0 Å². The molecule has 12 aliphatic rings. The number of hydrogen-bond acceptors (Lipinski definition) is 12. The molecule has 0 amide bonds. The highest BCUT2D eigenvalue weighted by Crippen LogP contribution is 2.62. The van der Waals surface area contributed by atoms with E-state index < -0.39 is 16.2 Å². The molecule has 0 heterocycles. The zero-order chi connectivity index (χ0) is 51.9. The van der Waals surface area contributed by atoms with Crippen molar-refractivity contribution in [1.82, 2.24) is 0 Å². The molecule has 12 rings (SSSR count). The second kappa shape index (κ2) is 28.0. The van der Waals surface area contributed by atoms with E-state index in [9.17, 15) is 28.8 Å². The van der Waals surface area contributed by atoms with Crippen molar-refractivity contribution in [2.45, 2.75) is 273 Å². The minimum atomic E-state index is -0.550. The van der Waals surface area contributed by atoms with Crippen molar-refractivity contribution in [3.8, 4) is 0 Å². The number of esters is 6. The Morgan fingerprint density at radius 1 is 0.377 bits per heavy atom. The quantitative estimate of drug-likeness (QED) is 0.100. The van der Waals surface area contributed by atoms with Crippen LogP contribution in [0.2, 0.25) is 0 Å². The van der Waals surface area contributed by atoms with Crippen LogP contribution in [0.15, 0.2) is 0 Å². The van der Waals surface area contributed by atoms with Gasteiger partial charge < -0.3 is 28.4 Å². The van der Waals surface area contributed by atoms with Gasteiger partial charge in [0, 0.05) is 0 Å². The monoisotopic (exact) mass is 1090 g/mol. The summed E-state index contributed by atoms with van der Waals surface area (Å²) in [5.41, 5.74) is -2.54. The molecule has 77 heavy (non-hydrogen) atoms. The molecule has 0 atom stereocenters. The summed E-state index contributed by atoms with van der Waals surface area (Å²) >= 11 is 0. The summed E-state index contributed by atoms with van der Waals surface area (Å²) in [5, 5.41) is 0. The van der Waals surface area contributed by atoms with E-state index in [4.69, 9.17) is 28.4 Å². The molecule has 0 radical (unpaired) electrons. The molecule has 0 aromatic rings. The first kappa shape index (κ1) is 71.8. The Morgan fingerprint density at radius 3 is 0.922 bits per heavy atom. The fraction of sp³-hybridized carbons (Fsp3) is 0.908. The van der Waals surface area contributed by atoms with Crippen molar-refractivity contribution < 1.29 is 57.2 Å². The van der Waals surface area contributed by atoms with Gasteiger partial charge in [-0.25, -0.2) is 9.59 Å². The average Bonchev–Trinajstić information content (AvgIpc) is 3.31. The first-order valence-corrected chi connectivity index (χ1v) is 28.5. The molecule has 12 heteroatoms. The normalized spacial score (nSPS) is 34.8. The zero-order valence-electron chi connectivity index (χ0n) is 46.1. The van der Waals surface area contributed by atoms with Gasteiger partial charge in [-0.3, -0.25) is 19.2 Å². The van der Waals surface area contributed by atoms with E-state index in [1.807, 2.05) is 62.3 Å². The van der Waals surface area contributed by atoms with E-state index >= 15 is 0 Å². The van der Waals surface area contributed by atoms with Crippen LogP contribution >= 0.6 is 0 Å². The van der Waals surface area contributed by atoms with Gasteiger partial charge in [0.05, 0.1) is 22.7 Å². The van der Waals surface area contributed by atoms with Crippen molar-refractivity contribution in [3.05, 3.63) is 0 Å².